The highest BCUT2D eigenvalue weighted by Crippen LogP contribution is 2.32. The standard InChI is InChI=1S/C28H43N5O3/c1-28(2,3)35-25(34)19-22(12-8-11-21-9-6-5-7-10-21)27-30-26(31-36-27)23-13-14-24(29-20-23)33-17-15-32(4)16-18-33/h13-14,20-22H,5-12,15-19H2,1-4H3/t22-/m1/s1. The zero-order chi connectivity index (χ0) is 25.5. The molecule has 198 valence electrons. The third-order valence-corrected chi connectivity index (χ3v) is 7.35. The van der Waals surface area contributed by atoms with Gasteiger partial charge in [-0.3, -0.25) is 4.79 Å². The number of carbonyl (C=O) groups is 1. The van der Waals surface area contributed by atoms with Crippen LogP contribution in [0, 0.1) is 5.92 Å². The molecule has 4 rings (SSSR count). The molecule has 0 amide bonds. The van der Waals surface area contributed by atoms with E-state index in [1.807, 2.05) is 39.1 Å². The van der Waals surface area contributed by atoms with Gasteiger partial charge in [0.05, 0.1) is 6.42 Å². The van der Waals surface area contributed by atoms with Crippen molar-refractivity contribution in [3.63, 3.8) is 0 Å². The first-order chi connectivity index (χ1) is 17.3. The van der Waals surface area contributed by atoms with Crippen LogP contribution in [0.25, 0.3) is 11.4 Å². The molecule has 8 heteroatoms. The predicted molar refractivity (Wildman–Crippen MR) is 141 cm³/mol. The van der Waals surface area contributed by atoms with E-state index in [1.165, 1.54) is 38.5 Å². The van der Waals surface area contributed by atoms with E-state index in [9.17, 15) is 4.79 Å². The molecule has 3 heterocycles. The summed E-state index contributed by atoms with van der Waals surface area (Å²) >= 11 is 0. The van der Waals surface area contributed by atoms with E-state index in [1.54, 1.807) is 0 Å². The summed E-state index contributed by atoms with van der Waals surface area (Å²) in [6.45, 7) is 9.71. The lowest BCUT2D eigenvalue weighted by Gasteiger charge is -2.33. The monoisotopic (exact) mass is 497 g/mol. The Morgan fingerprint density at radius 3 is 2.56 bits per heavy atom. The summed E-state index contributed by atoms with van der Waals surface area (Å²) in [5, 5.41) is 4.24. The van der Waals surface area contributed by atoms with Crippen LogP contribution in [0.15, 0.2) is 22.9 Å². The van der Waals surface area contributed by atoms with E-state index in [0.29, 0.717) is 11.7 Å². The smallest absolute Gasteiger partial charge is 0.307 e. The van der Waals surface area contributed by atoms with Crippen LogP contribution in [0.5, 0.6) is 0 Å². The number of likely N-dealkylation sites (N-methyl/N-ethyl adjacent to an activating group) is 1. The number of rotatable bonds is 9. The van der Waals surface area contributed by atoms with Gasteiger partial charge >= 0.3 is 5.97 Å². The molecule has 0 unspecified atom stereocenters. The van der Waals surface area contributed by atoms with Crippen LogP contribution in [0.2, 0.25) is 0 Å². The molecule has 0 radical (unpaired) electrons. The van der Waals surface area contributed by atoms with E-state index in [-0.39, 0.29) is 18.3 Å². The van der Waals surface area contributed by atoms with Gasteiger partial charge < -0.3 is 19.1 Å². The Balaban J connectivity index is 1.41. The van der Waals surface area contributed by atoms with Gasteiger partial charge in [-0.1, -0.05) is 50.1 Å². The molecule has 1 saturated heterocycles. The topological polar surface area (TPSA) is 84.6 Å². The summed E-state index contributed by atoms with van der Waals surface area (Å²) in [6, 6.07) is 4.03. The van der Waals surface area contributed by atoms with E-state index in [4.69, 9.17) is 14.2 Å². The molecule has 1 atom stereocenters. The summed E-state index contributed by atoms with van der Waals surface area (Å²) in [5.41, 5.74) is 0.307. The third-order valence-electron chi connectivity index (χ3n) is 7.35. The van der Waals surface area contributed by atoms with Crippen molar-refractivity contribution in [2.24, 2.45) is 5.92 Å². The zero-order valence-corrected chi connectivity index (χ0v) is 22.5. The van der Waals surface area contributed by atoms with E-state index >= 15 is 0 Å². The van der Waals surface area contributed by atoms with Crippen molar-refractivity contribution in [3.05, 3.63) is 24.2 Å². The summed E-state index contributed by atoms with van der Waals surface area (Å²) < 4.78 is 11.3. The molecule has 0 aromatic carbocycles. The quantitative estimate of drug-likeness (QED) is 0.423. The summed E-state index contributed by atoms with van der Waals surface area (Å²) in [4.78, 5) is 26.7. The maximum atomic E-state index is 12.7. The second-order valence-corrected chi connectivity index (χ2v) is 11.6. The van der Waals surface area contributed by atoms with Crippen molar-refractivity contribution in [2.45, 2.75) is 90.1 Å². The number of ether oxygens (including phenoxy) is 1. The molecule has 2 aliphatic rings. The molecule has 1 aliphatic heterocycles. The van der Waals surface area contributed by atoms with Crippen LogP contribution >= 0.6 is 0 Å². The summed E-state index contributed by atoms with van der Waals surface area (Å²) in [5.74, 6) is 2.46. The fourth-order valence-corrected chi connectivity index (χ4v) is 5.29. The molecular weight excluding hydrogens is 454 g/mol. The summed E-state index contributed by atoms with van der Waals surface area (Å²) in [7, 11) is 2.15. The minimum absolute atomic E-state index is 0.137. The first-order valence-electron chi connectivity index (χ1n) is 13.7. The van der Waals surface area contributed by atoms with Crippen LogP contribution in [0.4, 0.5) is 5.82 Å². The fraction of sp³-hybridized carbons (Fsp3) is 0.714. The molecule has 2 aromatic heterocycles. The number of aromatic nitrogens is 3. The average Bonchev–Trinajstić information content (AvgIpc) is 3.34. The van der Waals surface area contributed by atoms with Gasteiger partial charge in [0.25, 0.3) is 0 Å². The molecule has 0 bridgehead atoms. The maximum Gasteiger partial charge on any atom is 0.307 e. The second kappa shape index (κ2) is 12.2. The SMILES string of the molecule is CN1CCN(c2ccc(-c3noc([C@H](CCCC4CCCCC4)CC(=O)OC(C)(C)C)n3)cn2)CC1. The third kappa shape index (κ3) is 7.76. The van der Waals surface area contributed by atoms with Gasteiger partial charge in [0.1, 0.15) is 11.4 Å². The van der Waals surface area contributed by atoms with Crippen LogP contribution in [0.1, 0.15) is 90.4 Å². The van der Waals surface area contributed by atoms with E-state index in [2.05, 4.69) is 27.0 Å². The van der Waals surface area contributed by atoms with Crippen molar-refractivity contribution in [1.82, 2.24) is 20.0 Å². The van der Waals surface area contributed by atoms with E-state index in [0.717, 1.165) is 56.3 Å². The average molecular weight is 498 g/mol. The Morgan fingerprint density at radius 1 is 1.14 bits per heavy atom. The predicted octanol–water partition coefficient (Wildman–Crippen LogP) is 5.45. The Labute approximate surface area is 215 Å². The molecule has 1 aliphatic carbocycles. The molecular formula is C28H43N5O3. The lowest BCUT2D eigenvalue weighted by atomic mass is 9.84. The highest BCUT2D eigenvalue weighted by molar-refractivity contribution is 5.70. The van der Waals surface area contributed by atoms with Crippen LogP contribution < -0.4 is 4.90 Å². The van der Waals surface area contributed by atoms with Crippen LogP contribution in [-0.4, -0.2) is 64.8 Å². The number of hydrogen-bond acceptors (Lipinski definition) is 8. The van der Waals surface area contributed by atoms with Crippen molar-refractivity contribution < 1.29 is 14.1 Å². The molecule has 2 aromatic rings. The first kappa shape index (κ1) is 26.6. The number of carbonyl (C=O) groups excluding carboxylic acids is 1. The summed E-state index contributed by atoms with van der Waals surface area (Å²) in [6.07, 6.45) is 11.9. The van der Waals surface area contributed by atoms with Gasteiger partial charge in [0, 0.05) is 43.9 Å². The van der Waals surface area contributed by atoms with Gasteiger partial charge in [-0.2, -0.15) is 4.98 Å². The highest BCUT2D eigenvalue weighted by Gasteiger charge is 2.27. The van der Waals surface area contributed by atoms with Gasteiger partial charge in [0.2, 0.25) is 11.7 Å². The van der Waals surface area contributed by atoms with Crippen LogP contribution in [-0.2, 0) is 9.53 Å². The fourth-order valence-electron chi connectivity index (χ4n) is 5.29. The highest BCUT2D eigenvalue weighted by atomic mass is 16.6. The number of piperazine rings is 1. The molecule has 8 nitrogen and oxygen atoms in total. The van der Waals surface area contributed by atoms with Gasteiger partial charge in [-0.05, 0) is 52.3 Å². The minimum Gasteiger partial charge on any atom is -0.460 e. The van der Waals surface area contributed by atoms with Gasteiger partial charge in [-0.25, -0.2) is 4.98 Å². The Morgan fingerprint density at radius 2 is 1.89 bits per heavy atom. The number of pyridine rings is 1. The molecule has 0 spiro atoms. The molecule has 1 saturated carbocycles. The Hall–Kier alpha value is -2.48. The largest absolute Gasteiger partial charge is 0.460 e. The number of hydrogen-bond donors (Lipinski definition) is 0. The van der Waals surface area contributed by atoms with Gasteiger partial charge in [0.15, 0.2) is 0 Å². The van der Waals surface area contributed by atoms with Crippen LogP contribution in [0.3, 0.4) is 0 Å². The van der Waals surface area contributed by atoms with Crippen molar-refractivity contribution in [3.8, 4) is 11.4 Å². The normalized spacial score (nSPS) is 18.8. The van der Waals surface area contributed by atoms with Gasteiger partial charge in [-0.15, -0.1) is 0 Å². The van der Waals surface area contributed by atoms with Crippen molar-refractivity contribution >= 4 is 11.8 Å². The lowest BCUT2D eigenvalue weighted by molar-refractivity contribution is -0.155. The van der Waals surface area contributed by atoms with Crippen molar-refractivity contribution in [1.29, 1.82) is 0 Å². The van der Waals surface area contributed by atoms with Crippen molar-refractivity contribution in [2.75, 3.05) is 38.1 Å². The lowest BCUT2D eigenvalue weighted by Crippen LogP contribution is -2.44. The molecule has 2 fully saturated rings. The number of nitrogens with zero attached hydrogens (tertiary/aromatic N) is 5. The maximum absolute atomic E-state index is 12.7. The second-order valence-electron chi connectivity index (χ2n) is 11.6. The number of anilines is 1. The molecule has 0 N–H and O–H groups in total. The number of esters is 1. The Kier molecular flexibility index (Phi) is 8.99. The minimum atomic E-state index is -0.513. The Bertz CT molecular complexity index is 954. The zero-order valence-electron chi connectivity index (χ0n) is 22.5. The molecule has 36 heavy (non-hydrogen) atoms. The van der Waals surface area contributed by atoms with E-state index < -0.39 is 5.60 Å². The first-order valence-corrected chi connectivity index (χ1v) is 13.7.